The molecular formula is C5H7BF3O-. The molecule has 2 aliphatic rings. The van der Waals surface area contributed by atoms with Crippen LogP contribution in [0, 0.1) is 11.8 Å². The van der Waals surface area contributed by atoms with E-state index < -0.39 is 12.8 Å². The number of hydrogen-bond acceptors (Lipinski definition) is 1. The highest BCUT2D eigenvalue weighted by molar-refractivity contribution is 6.61. The lowest BCUT2D eigenvalue weighted by Crippen LogP contribution is -2.19. The van der Waals surface area contributed by atoms with E-state index in [1.807, 2.05) is 0 Å². The van der Waals surface area contributed by atoms with E-state index in [-0.39, 0.29) is 11.8 Å². The highest BCUT2D eigenvalue weighted by atomic mass is 19.4. The van der Waals surface area contributed by atoms with Crippen molar-refractivity contribution in [2.45, 2.75) is 5.82 Å². The van der Waals surface area contributed by atoms with Crippen molar-refractivity contribution in [3.05, 3.63) is 0 Å². The molecule has 1 unspecified atom stereocenters. The molecule has 0 aromatic rings. The summed E-state index contributed by atoms with van der Waals surface area (Å²) in [6.45, 7) is -3.91. The molecule has 0 aromatic heterocycles. The first-order valence-corrected chi connectivity index (χ1v) is 3.38. The Balaban J connectivity index is 2.01. The van der Waals surface area contributed by atoms with E-state index in [1.165, 1.54) is 0 Å². The van der Waals surface area contributed by atoms with Crippen LogP contribution in [0.4, 0.5) is 12.9 Å². The second kappa shape index (κ2) is 1.70. The van der Waals surface area contributed by atoms with Gasteiger partial charge in [-0.1, -0.05) is 5.82 Å². The van der Waals surface area contributed by atoms with Crippen molar-refractivity contribution in [3.63, 3.8) is 0 Å². The van der Waals surface area contributed by atoms with Crippen LogP contribution in [0.2, 0.25) is 5.82 Å². The zero-order valence-corrected chi connectivity index (χ0v) is 5.27. The Morgan fingerprint density at radius 3 is 1.90 bits per heavy atom. The molecule has 3 atom stereocenters. The molecule has 2 fully saturated rings. The second-order valence-electron chi connectivity index (χ2n) is 3.07. The van der Waals surface area contributed by atoms with Crippen molar-refractivity contribution in [3.8, 4) is 0 Å². The predicted molar refractivity (Wildman–Crippen MR) is 30.6 cm³/mol. The van der Waals surface area contributed by atoms with Gasteiger partial charge in [0.1, 0.15) is 0 Å². The molecule has 1 saturated carbocycles. The number of hydrogen-bond donors (Lipinski definition) is 0. The molecule has 58 valence electrons. The molecule has 0 radical (unpaired) electrons. The van der Waals surface area contributed by atoms with Crippen molar-refractivity contribution in [2.75, 3.05) is 13.2 Å². The number of rotatable bonds is 1. The fourth-order valence-corrected chi connectivity index (χ4v) is 1.84. The van der Waals surface area contributed by atoms with Crippen LogP contribution in [0.25, 0.3) is 0 Å². The average molecular weight is 151 g/mol. The summed E-state index contributed by atoms with van der Waals surface area (Å²) in [5.41, 5.74) is 0. The summed E-state index contributed by atoms with van der Waals surface area (Å²) in [6, 6.07) is 0. The smallest absolute Gasteiger partial charge is 0.449 e. The Hall–Kier alpha value is -0.185. The van der Waals surface area contributed by atoms with Crippen LogP contribution in [0.3, 0.4) is 0 Å². The predicted octanol–water partition coefficient (Wildman–Crippen LogP) is 1.48. The molecule has 0 spiro atoms. The van der Waals surface area contributed by atoms with Gasteiger partial charge in [-0.2, -0.15) is 0 Å². The SMILES string of the molecule is F[B-](F)(F)C1[C@H]2COC[C@@H]12. The Bertz CT molecular complexity index is 147. The highest BCUT2D eigenvalue weighted by Crippen LogP contribution is 2.61. The maximum absolute atomic E-state index is 12.0. The van der Waals surface area contributed by atoms with E-state index in [4.69, 9.17) is 4.74 Å². The molecule has 1 nitrogen and oxygen atoms in total. The van der Waals surface area contributed by atoms with Gasteiger partial charge < -0.3 is 17.7 Å². The molecule has 0 N–H and O–H groups in total. The largest absolute Gasteiger partial charge is 0.482 e. The van der Waals surface area contributed by atoms with Crippen LogP contribution < -0.4 is 0 Å². The monoisotopic (exact) mass is 151 g/mol. The summed E-state index contributed by atoms with van der Waals surface area (Å²) in [6.07, 6.45) is 0. The van der Waals surface area contributed by atoms with Crippen molar-refractivity contribution in [1.82, 2.24) is 0 Å². The average Bonchev–Trinajstić information content (AvgIpc) is 2.30. The Morgan fingerprint density at radius 2 is 1.60 bits per heavy atom. The molecule has 0 bridgehead atoms. The van der Waals surface area contributed by atoms with Crippen molar-refractivity contribution >= 4 is 6.98 Å². The Labute approximate surface area is 56.6 Å². The van der Waals surface area contributed by atoms with E-state index in [0.717, 1.165) is 0 Å². The molecular weight excluding hydrogens is 144 g/mol. The summed E-state index contributed by atoms with van der Waals surface area (Å²) in [4.78, 5) is 0. The zero-order valence-electron chi connectivity index (χ0n) is 5.27. The van der Waals surface area contributed by atoms with Gasteiger partial charge in [0.15, 0.2) is 0 Å². The standard InChI is InChI=1S/C5H7BF3O/c7-6(8,9)5-3-1-10-2-4(3)5/h3-5H,1-2H2/q-1/t3-,4+,5?. The van der Waals surface area contributed by atoms with Gasteiger partial charge in [-0.25, -0.2) is 0 Å². The third-order valence-corrected chi connectivity index (χ3v) is 2.45. The van der Waals surface area contributed by atoms with E-state index in [9.17, 15) is 12.9 Å². The fourth-order valence-electron chi connectivity index (χ4n) is 1.84. The van der Waals surface area contributed by atoms with Gasteiger partial charge >= 0.3 is 6.98 Å². The molecule has 0 aromatic carbocycles. The van der Waals surface area contributed by atoms with E-state index in [2.05, 4.69) is 0 Å². The molecule has 1 saturated heterocycles. The maximum atomic E-state index is 12.0. The quantitative estimate of drug-likeness (QED) is 0.515. The van der Waals surface area contributed by atoms with Crippen LogP contribution in [-0.4, -0.2) is 20.2 Å². The third kappa shape index (κ3) is 0.763. The summed E-state index contributed by atoms with van der Waals surface area (Å²) < 4.78 is 40.7. The summed E-state index contributed by atoms with van der Waals surface area (Å²) >= 11 is 0. The first kappa shape index (κ1) is 6.52. The lowest BCUT2D eigenvalue weighted by Gasteiger charge is -2.15. The van der Waals surface area contributed by atoms with E-state index in [0.29, 0.717) is 13.2 Å². The summed E-state index contributed by atoms with van der Waals surface area (Å²) in [5, 5.41) is 0. The molecule has 5 heteroatoms. The van der Waals surface area contributed by atoms with Crippen LogP contribution in [-0.2, 0) is 4.74 Å². The molecule has 1 aliphatic heterocycles. The zero-order chi connectivity index (χ0) is 7.35. The second-order valence-corrected chi connectivity index (χ2v) is 3.07. The molecule has 1 heterocycles. The molecule has 10 heavy (non-hydrogen) atoms. The van der Waals surface area contributed by atoms with Crippen molar-refractivity contribution < 1.29 is 17.7 Å². The van der Waals surface area contributed by atoms with Crippen LogP contribution in [0.15, 0.2) is 0 Å². The van der Waals surface area contributed by atoms with Gasteiger partial charge in [-0.3, -0.25) is 0 Å². The summed E-state index contributed by atoms with van der Waals surface area (Å²) in [5.74, 6) is -1.34. The Morgan fingerprint density at radius 1 is 1.10 bits per heavy atom. The van der Waals surface area contributed by atoms with Crippen LogP contribution in [0.1, 0.15) is 0 Å². The van der Waals surface area contributed by atoms with E-state index >= 15 is 0 Å². The first-order valence-electron chi connectivity index (χ1n) is 3.38. The highest BCUT2D eigenvalue weighted by Gasteiger charge is 2.61. The summed E-state index contributed by atoms with van der Waals surface area (Å²) in [7, 11) is 0. The lowest BCUT2D eigenvalue weighted by molar-refractivity contribution is 0.161. The first-order chi connectivity index (χ1) is 4.61. The van der Waals surface area contributed by atoms with Gasteiger partial charge in [0.25, 0.3) is 0 Å². The van der Waals surface area contributed by atoms with Crippen molar-refractivity contribution in [1.29, 1.82) is 0 Å². The minimum atomic E-state index is -4.57. The normalized spacial score (nSPS) is 45.3. The van der Waals surface area contributed by atoms with Gasteiger partial charge in [0.05, 0.1) is 0 Å². The Kier molecular flexibility index (Phi) is 1.11. The van der Waals surface area contributed by atoms with Gasteiger partial charge in [-0.15, -0.1) is 0 Å². The van der Waals surface area contributed by atoms with Crippen LogP contribution in [0.5, 0.6) is 0 Å². The lowest BCUT2D eigenvalue weighted by atomic mass is 9.80. The number of ether oxygens (including phenoxy) is 1. The topological polar surface area (TPSA) is 9.23 Å². The third-order valence-electron chi connectivity index (χ3n) is 2.45. The molecule has 0 amide bonds. The molecule has 1 aliphatic carbocycles. The van der Waals surface area contributed by atoms with Gasteiger partial charge in [-0.05, 0) is 11.8 Å². The minimum absolute atomic E-state index is 0.181. The minimum Gasteiger partial charge on any atom is -0.449 e. The maximum Gasteiger partial charge on any atom is 0.482 e. The number of fused-ring (bicyclic) bond motifs is 1. The van der Waals surface area contributed by atoms with Crippen molar-refractivity contribution in [2.24, 2.45) is 11.8 Å². The fraction of sp³-hybridized carbons (Fsp3) is 1.00. The number of halogens is 3. The van der Waals surface area contributed by atoms with Gasteiger partial charge in [0.2, 0.25) is 0 Å². The van der Waals surface area contributed by atoms with E-state index in [1.54, 1.807) is 0 Å². The molecule has 2 rings (SSSR count). The van der Waals surface area contributed by atoms with Crippen LogP contribution >= 0.6 is 0 Å². The van der Waals surface area contributed by atoms with Gasteiger partial charge in [0, 0.05) is 13.2 Å².